The lowest BCUT2D eigenvalue weighted by Gasteiger charge is -2.64. The quantitative estimate of drug-likeness (QED) is 0.0408. The topological polar surface area (TPSA) is 288 Å². The van der Waals surface area contributed by atoms with E-state index >= 15 is 0 Å². The second-order valence-corrected chi connectivity index (χ2v) is 18.6. The Labute approximate surface area is 378 Å². The number of hydrogen-bond acceptors (Lipinski definition) is 12. The van der Waals surface area contributed by atoms with E-state index in [0.717, 1.165) is 43.2 Å². The number of hydrogen-bond donors (Lipinski definition) is 10. The van der Waals surface area contributed by atoms with Crippen molar-refractivity contribution >= 4 is 36.7 Å². The van der Waals surface area contributed by atoms with Gasteiger partial charge in [-0.1, -0.05) is 63.6 Å². The number of aryl methyl sites for hydroxylation is 1. The first-order valence-corrected chi connectivity index (χ1v) is 23.1. The molecule has 1 unspecified atom stereocenters. The summed E-state index contributed by atoms with van der Waals surface area (Å²) in [5.74, 6) is -2.90. The molecular weight excluding hydrogens is 817 g/mol. The van der Waals surface area contributed by atoms with Crippen LogP contribution in [0.1, 0.15) is 115 Å². The molecule has 1 saturated heterocycles. The van der Waals surface area contributed by atoms with Crippen LogP contribution in [0.5, 0.6) is 0 Å². The Morgan fingerprint density at radius 2 is 1.33 bits per heavy atom. The highest BCUT2D eigenvalue weighted by Gasteiger charge is 2.68. The molecule has 1 aliphatic heterocycles. The Balaban J connectivity index is 1.17. The molecular formula is C46H72BN9O8. The normalized spacial score (nSPS) is 23.5. The minimum absolute atomic E-state index is 0.116. The van der Waals surface area contributed by atoms with E-state index in [0.29, 0.717) is 56.2 Å². The van der Waals surface area contributed by atoms with E-state index in [-0.39, 0.29) is 24.4 Å². The van der Waals surface area contributed by atoms with Crippen molar-refractivity contribution in [2.75, 3.05) is 13.1 Å². The fourth-order valence-corrected chi connectivity index (χ4v) is 9.44. The summed E-state index contributed by atoms with van der Waals surface area (Å²) >= 11 is 0. The van der Waals surface area contributed by atoms with Crippen LogP contribution in [0.25, 0.3) is 11.1 Å². The summed E-state index contributed by atoms with van der Waals surface area (Å²) in [6.45, 7) is 10.7. The third-order valence-electron chi connectivity index (χ3n) is 13.6. The highest BCUT2D eigenvalue weighted by Crippen LogP contribution is 2.65. The molecule has 2 bridgehead atoms. The largest absolute Gasteiger partial charge is 0.497 e. The van der Waals surface area contributed by atoms with Gasteiger partial charge in [-0.05, 0) is 137 Å². The van der Waals surface area contributed by atoms with E-state index in [9.17, 15) is 29.1 Å². The van der Waals surface area contributed by atoms with Gasteiger partial charge in [0.15, 0.2) is 6.17 Å². The van der Waals surface area contributed by atoms with E-state index in [4.69, 9.17) is 32.2 Å². The van der Waals surface area contributed by atoms with Crippen molar-refractivity contribution in [3.05, 3.63) is 59.7 Å². The van der Waals surface area contributed by atoms with Gasteiger partial charge in [0.1, 0.15) is 24.2 Å². The summed E-state index contributed by atoms with van der Waals surface area (Å²) in [6, 6.07) is 10.5. The molecule has 0 aromatic heterocycles. The second-order valence-electron chi connectivity index (χ2n) is 18.6. The molecule has 10 atom stereocenters. The van der Waals surface area contributed by atoms with Crippen molar-refractivity contribution in [3.8, 4) is 11.1 Å². The minimum Gasteiger partial charge on any atom is -0.403 e. The Morgan fingerprint density at radius 1 is 0.750 bits per heavy atom. The zero-order chi connectivity index (χ0) is 46.8. The molecule has 0 radical (unpaired) electrons. The number of amides is 5. The van der Waals surface area contributed by atoms with Gasteiger partial charge in [0.05, 0.1) is 17.8 Å². The van der Waals surface area contributed by atoms with Crippen LogP contribution in [0.3, 0.4) is 0 Å². The molecule has 1 heterocycles. The summed E-state index contributed by atoms with van der Waals surface area (Å²) < 4.78 is 12.6. The van der Waals surface area contributed by atoms with Crippen molar-refractivity contribution in [1.82, 2.24) is 26.6 Å². The van der Waals surface area contributed by atoms with Crippen LogP contribution < -0.4 is 49.5 Å². The van der Waals surface area contributed by atoms with Gasteiger partial charge in [0.2, 0.25) is 17.7 Å². The Bertz CT molecular complexity index is 1900. The Hall–Kier alpha value is -4.43. The number of carbonyl (C=O) groups is 5. The molecule has 4 fully saturated rings. The Kier molecular flexibility index (Phi) is 17.9. The number of nitrogens with two attached hydrogens (primary N) is 4. The van der Waals surface area contributed by atoms with Crippen molar-refractivity contribution in [2.24, 2.45) is 40.2 Å². The van der Waals surface area contributed by atoms with Crippen LogP contribution in [0.2, 0.25) is 0 Å². The van der Waals surface area contributed by atoms with Crippen molar-refractivity contribution in [1.29, 1.82) is 0 Å². The van der Waals surface area contributed by atoms with Crippen molar-refractivity contribution in [2.45, 2.75) is 153 Å². The number of rotatable bonds is 24. The molecule has 3 aliphatic carbocycles. The van der Waals surface area contributed by atoms with Crippen LogP contribution in [-0.4, -0.2) is 103 Å². The van der Waals surface area contributed by atoms with Crippen molar-refractivity contribution < 1.29 is 38.4 Å². The lowest BCUT2D eigenvalue weighted by atomic mass is 9.43. The highest BCUT2D eigenvalue weighted by molar-refractivity contribution is 6.47. The average molecular weight is 890 g/mol. The third-order valence-corrected chi connectivity index (χ3v) is 13.6. The van der Waals surface area contributed by atoms with Gasteiger partial charge < -0.3 is 63.9 Å². The summed E-state index contributed by atoms with van der Waals surface area (Å²) in [5, 5.41) is 23.6. The van der Waals surface area contributed by atoms with Crippen LogP contribution in [0, 0.1) is 17.3 Å². The van der Waals surface area contributed by atoms with Gasteiger partial charge in [-0.3, -0.25) is 24.0 Å². The standard InChI is InChI=1S/C46H72BN9O8/c1-6-7-12-28-15-17-29(18-16-28)30-19-21-31(22-20-30)39(58)52-33(13-8-10-23-48)40(59)54-37(27(2)57)42(61)55-38(50)43(62)53-34(14-9-11-24-49)41(60)56-44(51)47-63-36-26-32-25-35(45(32,3)4)46(36,5)64-47/h15-22,27,32-38,44,57H,6-14,23-26,48-51H2,1-5H3,(H,52,58)(H,53,62)(H,54,59)(H,55,61)(H,56,60)/t27-,32+,33+,34+,35+,36?,37+,38-,44-,46+/m1/s1. The minimum atomic E-state index is -1.69. The molecule has 2 aromatic carbocycles. The van der Waals surface area contributed by atoms with Crippen molar-refractivity contribution in [3.63, 3.8) is 0 Å². The number of aliphatic hydroxyl groups excluding tert-OH is 1. The SMILES string of the molecule is CCCCc1ccc(-c2ccc(C(=O)N[C@@H](CCCCN)C(=O)N[C@H](C(=O)N[C@@H](N)C(=O)N[C@@H](CCCCN)C(=O)N[C@@H](N)B3OC4C[C@@H]5C[C@@H](C5(C)C)[C@]4(C)O3)[C@@H](C)O)cc2)cc1. The first-order chi connectivity index (χ1) is 30.4. The van der Waals surface area contributed by atoms with Gasteiger partial charge in [-0.15, -0.1) is 0 Å². The van der Waals surface area contributed by atoms with Crippen LogP contribution in [0.15, 0.2) is 48.5 Å². The monoisotopic (exact) mass is 890 g/mol. The first-order valence-electron chi connectivity index (χ1n) is 23.1. The van der Waals surface area contributed by atoms with Gasteiger partial charge in [-0.2, -0.15) is 0 Å². The third kappa shape index (κ3) is 12.3. The molecule has 4 aliphatic rings. The summed E-state index contributed by atoms with van der Waals surface area (Å²) in [6.07, 6.45) is 4.39. The van der Waals surface area contributed by atoms with Gasteiger partial charge in [0.25, 0.3) is 11.8 Å². The molecule has 352 valence electrons. The zero-order valence-electron chi connectivity index (χ0n) is 38.2. The van der Waals surface area contributed by atoms with Gasteiger partial charge in [-0.25, -0.2) is 0 Å². The predicted molar refractivity (Wildman–Crippen MR) is 245 cm³/mol. The van der Waals surface area contributed by atoms with E-state index < -0.39 is 78.7 Å². The van der Waals surface area contributed by atoms with E-state index in [1.165, 1.54) is 12.5 Å². The number of benzene rings is 2. The molecule has 5 amide bonds. The lowest BCUT2D eigenvalue weighted by Crippen LogP contribution is -2.65. The maximum Gasteiger partial charge on any atom is 0.497 e. The predicted octanol–water partition coefficient (Wildman–Crippen LogP) is 1.47. The van der Waals surface area contributed by atoms with Crippen LogP contribution >= 0.6 is 0 Å². The van der Waals surface area contributed by atoms with E-state index in [1.54, 1.807) is 12.1 Å². The smallest absolute Gasteiger partial charge is 0.403 e. The maximum absolute atomic E-state index is 13.7. The van der Waals surface area contributed by atoms with E-state index in [1.807, 2.05) is 19.1 Å². The summed E-state index contributed by atoms with van der Waals surface area (Å²) in [4.78, 5) is 67.7. The van der Waals surface area contributed by atoms with Gasteiger partial charge >= 0.3 is 7.12 Å². The van der Waals surface area contributed by atoms with Crippen LogP contribution in [0.4, 0.5) is 0 Å². The van der Waals surface area contributed by atoms with E-state index in [2.05, 4.69) is 71.6 Å². The molecule has 17 nitrogen and oxygen atoms in total. The fourth-order valence-electron chi connectivity index (χ4n) is 9.44. The summed E-state index contributed by atoms with van der Waals surface area (Å²) in [5.41, 5.74) is 27.1. The molecule has 0 spiro atoms. The molecule has 3 saturated carbocycles. The lowest BCUT2D eigenvalue weighted by molar-refractivity contribution is -0.199. The molecule has 6 rings (SSSR count). The average Bonchev–Trinajstić information content (AvgIpc) is 3.64. The fraction of sp³-hybridized carbons (Fsp3) is 0.630. The molecule has 18 heteroatoms. The molecule has 64 heavy (non-hydrogen) atoms. The number of aliphatic hydroxyl groups is 1. The highest BCUT2D eigenvalue weighted by atomic mass is 16.7. The zero-order valence-corrected chi connectivity index (χ0v) is 38.2. The second kappa shape index (κ2) is 22.7. The maximum atomic E-state index is 13.7. The number of nitrogens with one attached hydrogen (secondary N) is 5. The van der Waals surface area contributed by atoms with Gasteiger partial charge in [0, 0.05) is 5.56 Å². The van der Waals surface area contributed by atoms with Crippen LogP contribution in [-0.2, 0) is 34.9 Å². The summed E-state index contributed by atoms with van der Waals surface area (Å²) in [7, 11) is -0.896. The number of carbonyl (C=O) groups excluding carboxylic acids is 5. The molecule has 14 N–H and O–H groups in total. The first kappa shape index (κ1) is 50.6. The Morgan fingerprint density at radius 3 is 1.89 bits per heavy atom. The number of unbranched alkanes of at least 4 members (excludes halogenated alkanes) is 3. The molecule has 2 aromatic rings.